The summed E-state index contributed by atoms with van der Waals surface area (Å²) in [5, 5.41) is 2.75. The molecule has 1 fully saturated rings. The van der Waals surface area contributed by atoms with Crippen molar-refractivity contribution in [3.05, 3.63) is 24.3 Å². The molecule has 0 unspecified atom stereocenters. The van der Waals surface area contributed by atoms with Crippen molar-refractivity contribution in [2.24, 2.45) is 5.92 Å². The first-order valence-electron chi connectivity index (χ1n) is 6.82. The van der Waals surface area contributed by atoms with E-state index in [-0.39, 0.29) is 23.3 Å². The number of amides is 2. The fourth-order valence-corrected chi connectivity index (χ4v) is 4.58. The number of anilines is 2. The molecule has 1 aromatic rings. The zero-order valence-electron chi connectivity index (χ0n) is 11.6. The largest absolute Gasteiger partial charge is 0.322 e. The van der Waals surface area contributed by atoms with E-state index in [4.69, 9.17) is 0 Å². The summed E-state index contributed by atoms with van der Waals surface area (Å²) in [5.74, 6) is -1.19. The van der Waals surface area contributed by atoms with Crippen molar-refractivity contribution in [1.29, 1.82) is 0 Å². The quantitative estimate of drug-likeness (QED) is 0.831. The number of para-hydroxylation sites is 2. The number of nitrogens with zero attached hydrogens (tertiary/aromatic N) is 1. The average molecular weight is 308 g/mol. The van der Waals surface area contributed by atoms with Crippen molar-refractivity contribution in [2.45, 2.75) is 19.4 Å². The normalized spacial score (nSPS) is 27.1. The van der Waals surface area contributed by atoms with Gasteiger partial charge < -0.3 is 5.32 Å². The fraction of sp³-hybridized carbons (Fsp3) is 0.429. The highest BCUT2D eigenvalue weighted by molar-refractivity contribution is 7.91. The van der Waals surface area contributed by atoms with Gasteiger partial charge in [0.25, 0.3) is 0 Å². The molecule has 0 spiro atoms. The molecule has 3 rings (SSSR count). The minimum Gasteiger partial charge on any atom is -0.322 e. The average Bonchev–Trinajstić information content (AvgIpc) is 2.80. The lowest BCUT2D eigenvalue weighted by Gasteiger charge is -2.35. The van der Waals surface area contributed by atoms with E-state index in [9.17, 15) is 18.0 Å². The zero-order chi connectivity index (χ0) is 15.2. The summed E-state index contributed by atoms with van der Waals surface area (Å²) in [6.07, 6.45) is 0.328. The summed E-state index contributed by atoms with van der Waals surface area (Å²) in [5.41, 5.74) is 1.20. The van der Waals surface area contributed by atoms with Crippen LogP contribution in [0.25, 0.3) is 0 Å². The summed E-state index contributed by atoms with van der Waals surface area (Å²) in [4.78, 5) is 26.1. The Kier molecular flexibility index (Phi) is 3.24. The lowest BCUT2D eigenvalue weighted by molar-refractivity contribution is -0.125. The Morgan fingerprint density at radius 3 is 2.71 bits per heavy atom. The van der Waals surface area contributed by atoms with E-state index in [2.05, 4.69) is 5.32 Å². The van der Waals surface area contributed by atoms with Crippen molar-refractivity contribution >= 4 is 33.0 Å². The summed E-state index contributed by atoms with van der Waals surface area (Å²) >= 11 is 0. The molecule has 0 aromatic heterocycles. The molecule has 0 aliphatic carbocycles. The first-order chi connectivity index (χ1) is 9.89. The molecule has 2 atom stereocenters. The molecule has 1 saturated heterocycles. The Labute approximate surface area is 123 Å². The van der Waals surface area contributed by atoms with Gasteiger partial charge in [0.05, 0.1) is 28.8 Å². The number of carbonyl (C=O) groups excluding carboxylic acids is 2. The molecule has 2 aliphatic rings. The van der Waals surface area contributed by atoms with Gasteiger partial charge in [-0.1, -0.05) is 12.1 Å². The van der Waals surface area contributed by atoms with Crippen LogP contribution < -0.4 is 10.2 Å². The van der Waals surface area contributed by atoms with E-state index in [1.54, 1.807) is 31.2 Å². The van der Waals surface area contributed by atoms with Gasteiger partial charge in [0.1, 0.15) is 6.04 Å². The monoisotopic (exact) mass is 308 g/mol. The molecule has 7 heteroatoms. The lowest BCUT2D eigenvalue weighted by Crippen LogP contribution is -2.51. The van der Waals surface area contributed by atoms with Crippen LogP contribution in [0.3, 0.4) is 0 Å². The number of nitrogens with one attached hydrogen (secondary N) is 1. The van der Waals surface area contributed by atoms with Crippen LogP contribution in [0.1, 0.15) is 13.3 Å². The topological polar surface area (TPSA) is 83.6 Å². The number of carbonyl (C=O) groups is 2. The van der Waals surface area contributed by atoms with E-state index in [0.717, 1.165) is 0 Å². The van der Waals surface area contributed by atoms with Crippen molar-refractivity contribution in [2.75, 3.05) is 21.7 Å². The van der Waals surface area contributed by atoms with Crippen LogP contribution in [-0.4, -0.2) is 37.8 Å². The van der Waals surface area contributed by atoms with Gasteiger partial charge >= 0.3 is 0 Å². The standard InChI is InChI=1S/C14H16N2O4S/c1-9-13(17)15-11-4-2-3-5-12(11)16(9)14(18)10-6-7-21(19,20)8-10/h2-5,9-10H,6-8H2,1H3,(H,15,17)/t9-,10+/m0/s1. The second-order valence-corrected chi connectivity index (χ2v) is 7.72. The number of benzene rings is 1. The summed E-state index contributed by atoms with van der Waals surface area (Å²) in [7, 11) is -3.14. The van der Waals surface area contributed by atoms with Crippen LogP contribution >= 0.6 is 0 Å². The molecule has 2 amide bonds. The van der Waals surface area contributed by atoms with Crippen molar-refractivity contribution in [3.63, 3.8) is 0 Å². The van der Waals surface area contributed by atoms with Crippen LogP contribution in [0.4, 0.5) is 11.4 Å². The van der Waals surface area contributed by atoms with Gasteiger partial charge in [0.15, 0.2) is 9.84 Å². The van der Waals surface area contributed by atoms with Crippen LogP contribution in [0.5, 0.6) is 0 Å². The first kappa shape index (κ1) is 14.1. The molecule has 6 nitrogen and oxygen atoms in total. The molecule has 0 saturated carbocycles. The Balaban J connectivity index is 1.97. The van der Waals surface area contributed by atoms with E-state index in [1.165, 1.54) is 4.90 Å². The maximum absolute atomic E-state index is 12.7. The van der Waals surface area contributed by atoms with Crippen LogP contribution in [0.15, 0.2) is 24.3 Å². The van der Waals surface area contributed by atoms with E-state index in [1.807, 2.05) is 0 Å². The van der Waals surface area contributed by atoms with Gasteiger partial charge in [0.2, 0.25) is 11.8 Å². The number of rotatable bonds is 1. The Morgan fingerprint density at radius 2 is 2.05 bits per heavy atom. The summed E-state index contributed by atoms with van der Waals surface area (Å²) in [6, 6.07) is 6.40. The highest BCUT2D eigenvalue weighted by atomic mass is 32.2. The molecule has 1 aromatic carbocycles. The molecule has 2 heterocycles. The molecular weight excluding hydrogens is 292 g/mol. The maximum Gasteiger partial charge on any atom is 0.247 e. The Morgan fingerprint density at radius 1 is 1.33 bits per heavy atom. The Hall–Kier alpha value is -1.89. The van der Waals surface area contributed by atoms with Gasteiger partial charge in [-0.05, 0) is 25.5 Å². The van der Waals surface area contributed by atoms with Gasteiger partial charge in [-0.15, -0.1) is 0 Å². The minimum atomic E-state index is -3.14. The van der Waals surface area contributed by atoms with Crippen LogP contribution in [-0.2, 0) is 19.4 Å². The zero-order valence-corrected chi connectivity index (χ0v) is 12.4. The predicted octanol–water partition coefficient (Wildman–Crippen LogP) is 0.795. The van der Waals surface area contributed by atoms with Gasteiger partial charge in [-0.3, -0.25) is 14.5 Å². The number of hydrogen-bond acceptors (Lipinski definition) is 4. The molecule has 0 radical (unpaired) electrons. The van der Waals surface area contributed by atoms with Crippen LogP contribution in [0.2, 0.25) is 0 Å². The fourth-order valence-electron chi connectivity index (χ4n) is 2.85. The summed E-state index contributed by atoms with van der Waals surface area (Å²) in [6.45, 7) is 1.65. The SMILES string of the molecule is C[C@H]1C(=O)Nc2ccccc2N1C(=O)[C@@H]1CCS(=O)(=O)C1. The highest BCUT2D eigenvalue weighted by Crippen LogP contribution is 2.34. The Bertz CT molecular complexity index is 713. The van der Waals surface area contributed by atoms with Gasteiger partial charge in [-0.2, -0.15) is 0 Å². The third kappa shape index (κ3) is 2.42. The van der Waals surface area contributed by atoms with E-state index in [0.29, 0.717) is 17.8 Å². The lowest BCUT2D eigenvalue weighted by atomic mass is 10.0. The number of sulfone groups is 1. The van der Waals surface area contributed by atoms with E-state index < -0.39 is 21.8 Å². The third-order valence-corrected chi connectivity index (χ3v) is 5.78. The molecule has 2 aliphatic heterocycles. The smallest absolute Gasteiger partial charge is 0.247 e. The van der Waals surface area contributed by atoms with Crippen molar-refractivity contribution < 1.29 is 18.0 Å². The second kappa shape index (κ2) is 4.84. The molecular formula is C14H16N2O4S. The first-order valence-corrected chi connectivity index (χ1v) is 8.64. The third-order valence-electron chi connectivity index (χ3n) is 4.01. The second-order valence-electron chi connectivity index (χ2n) is 5.49. The minimum absolute atomic E-state index is 0.0411. The van der Waals surface area contributed by atoms with Crippen LogP contribution in [0, 0.1) is 5.92 Å². The molecule has 0 bridgehead atoms. The molecule has 1 N–H and O–H groups in total. The predicted molar refractivity (Wildman–Crippen MR) is 78.8 cm³/mol. The van der Waals surface area contributed by atoms with Crippen molar-refractivity contribution in [1.82, 2.24) is 0 Å². The number of hydrogen-bond donors (Lipinski definition) is 1. The maximum atomic E-state index is 12.7. The van der Waals surface area contributed by atoms with Gasteiger partial charge in [-0.25, -0.2) is 8.42 Å². The molecule has 112 valence electrons. The summed E-state index contributed by atoms with van der Waals surface area (Å²) < 4.78 is 23.1. The molecule has 21 heavy (non-hydrogen) atoms. The van der Waals surface area contributed by atoms with E-state index >= 15 is 0 Å². The number of fused-ring (bicyclic) bond motifs is 1. The highest BCUT2D eigenvalue weighted by Gasteiger charge is 2.41. The van der Waals surface area contributed by atoms with Crippen molar-refractivity contribution in [3.8, 4) is 0 Å². The van der Waals surface area contributed by atoms with Gasteiger partial charge in [0, 0.05) is 0 Å².